The second-order valence-corrected chi connectivity index (χ2v) is 6.60. The molecule has 3 aromatic rings. The highest BCUT2D eigenvalue weighted by Crippen LogP contribution is 2.30. The predicted molar refractivity (Wildman–Crippen MR) is 86.5 cm³/mol. The fourth-order valence-electron chi connectivity index (χ4n) is 3.17. The van der Waals surface area contributed by atoms with E-state index in [0.29, 0.717) is 5.69 Å². The summed E-state index contributed by atoms with van der Waals surface area (Å²) < 4.78 is 2.01. The molecule has 1 aromatic carbocycles. The number of aryl methyl sites for hydroxylation is 2. The summed E-state index contributed by atoms with van der Waals surface area (Å²) in [7, 11) is 0. The molecule has 0 amide bonds. The number of aliphatic carboxylic acids is 1. The molecule has 2 heterocycles. The SMILES string of the molecule is O=C(O)Cc1cn2c(-c3ccc4c(c3)CCCC4)csc2n1. The third kappa shape index (κ3) is 2.31. The van der Waals surface area contributed by atoms with Crippen molar-refractivity contribution >= 4 is 22.3 Å². The van der Waals surface area contributed by atoms with E-state index in [1.54, 1.807) is 11.3 Å². The average Bonchev–Trinajstić information content (AvgIpc) is 3.06. The van der Waals surface area contributed by atoms with Crippen molar-refractivity contribution < 1.29 is 9.90 Å². The van der Waals surface area contributed by atoms with Crippen molar-refractivity contribution in [3.63, 3.8) is 0 Å². The van der Waals surface area contributed by atoms with Crippen LogP contribution in [0.2, 0.25) is 0 Å². The van der Waals surface area contributed by atoms with E-state index >= 15 is 0 Å². The Balaban J connectivity index is 1.77. The summed E-state index contributed by atoms with van der Waals surface area (Å²) >= 11 is 1.55. The van der Waals surface area contributed by atoms with Crippen LogP contribution in [0, 0.1) is 0 Å². The molecule has 1 N–H and O–H groups in total. The van der Waals surface area contributed by atoms with Gasteiger partial charge in [0.05, 0.1) is 17.8 Å². The second-order valence-electron chi connectivity index (χ2n) is 5.77. The van der Waals surface area contributed by atoms with Crippen LogP contribution in [-0.2, 0) is 24.1 Å². The molecule has 112 valence electrons. The first-order valence-corrected chi connectivity index (χ1v) is 8.38. The highest BCUT2D eigenvalue weighted by molar-refractivity contribution is 7.15. The topological polar surface area (TPSA) is 54.6 Å². The summed E-state index contributed by atoms with van der Waals surface area (Å²) in [6.07, 6.45) is 6.71. The lowest BCUT2D eigenvalue weighted by atomic mass is 9.90. The van der Waals surface area contributed by atoms with Crippen LogP contribution >= 0.6 is 11.3 Å². The van der Waals surface area contributed by atoms with E-state index in [9.17, 15) is 4.79 Å². The number of fused-ring (bicyclic) bond motifs is 2. The summed E-state index contributed by atoms with van der Waals surface area (Å²) in [6.45, 7) is 0. The minimum Gasteiger partial charge on any atom is -0.481 e. The van der Waals surface area contributed by atoms with Crippen molar-refractivity contribution in [1.29, 1.82) is 0 Å². The van der Waals surface area contributed by atoms with Crippen molar-refractivity contribution in [1.82, 2.24) is 9.38 Å². The molecule has 0 unspecified atom stereocenters. The van der Waals surface area contributed by atoms with Crippen LogP contribution in [0.15, 0.2) is 29.8 Å². The third-order valence-electron chi connectivity index (χ3n) is 4.24. The normalized spacial score (nSPS) is 14.2. The molecule has 0 atom stereocenters. The number of carbonyl (C=O) groups is 1. The quantitative estimate of drug-likeness (QED) is 0.804. The van der Waals surface area contributed by atoms with Gasteiger partial charge in [-0.05, 0) is 48.4 Å². The van der Waals surface area contributed by atoms with Gasteiger partial charge in [0.1, 0.15) is 0 Å². The molecule has 0 fully saturated rings. The number of carboxylic acid groups (broad SMARTS) is 1. The van der Waals surface area contributed by atoms with Gasteiger partial charge in [0.25, 0.3) is 0 Å². The first-order chi connectivity index (χ1) is 10.7. The number of benzene rings is 1. The Morgan fingerprint density at radius 1 is 1.27 bits per heavy atom. The zero-order valence-electron chi connectivity index (χ0n) is 12.1. The predicted octanol–water partition coefficient (Wildman–Crippen LogP) is 3.57. The van der Waals surface area contributed by atoms with Crippen LogP contribution in [0.5, 0.6) is 0 Å². The Labute approximate surface area is 132 Å². The largest absolute Gasteiger partial charge is 0.481 e. The van der Waals surface area contributed by atoms with Crippen molar-refractivity contribution in [3.8, 4) is 11.3 Å². The maximum atomic E-state index is 10.8. The molecule has 0 bridgehead atoms. The number of rotatable bonds is 3. The molecule has 0 saturated heterocycles. The van der Waals surface area contributed by atoms with Crippen molar-refractivity contribution in [3.05, 3.63) is 46.6 Å². The molecule has 4 rings (SSSR count). The second kappa shape index (κ2) is 5.25. The molecule has 4 nitrogen and oxygen atoms in total. The smallest absolute Gasteiger partial charge is 0.309 e. The highest BCUT2D eigenvalue weighted by atomic mass is 32.1. The number of hydrogen-bond donors (Lipinski definition) is 1. The summed E-state index contributed by atoms with van der Waals surface area (Å²) in [4.78, 5) is 16.1. The molecule has 1 aliphatic rings. The Morgan fingerprint density at radius 3 is 2.91 bits per heavy atom. The van der Waals surface area contributed by atoms with E-state index < -0.39 is 5.97 Å². The molecule has 1 aliphatic carbocycles. The monoisotopic (exact) mass is 312 g/mol. The zero-order valence-corrected chi connectivity index (χ0v) is 12.9. The average molecular weight is 312 g/mol. The molecule has 0 aliphatic heterocycles. The number of thiazole rings is 1. The van der Waals surface area contributed by atoms with Crippen molar-refractivity contribution in [2.75, 3.05) is 0 Å². The maximum absolute atomic E-state index is 10.8. The molecule has 22 heavy (non-hydrogen) atoms. The van der Waals surface area contributed by atoms with Crippen LogP contribution < -0.4 is 0 Å². The van der Waals surface area contributed by atoms with Gasteiger partial charge in [0.2, 0.25) is 0 Å². The molecule has 2 aromatic heterocycles. The Morgan fingerprint density at radius 2 is 2.09 bits per heavy atom. The molecular formula is C17H16N2O2S. The van der Waals surface area contributed by atoms with Gasteiger partial charge >= 0.3 is 5.97 Å². The number of hydrogen-bond acceptors (Lipinski definition) is 3. The van der Waals surface area contributed by atoms with Gasteiger partial charge in [0, 0.05) is 11.6 Å². The number of carboxylic acids is 1. The fraction of sp³-hybridized carbons (Fsp3) is 0.294. The summed E-state index contributed by atoms with van der Waals surface area (Å²) in [5, 5.41) is 11.0. The van der Waals surface area contributed by atoms with Crippen LogP contribution in [0.3, 0.4) is 0 Å². The van der Waals surface area contributed by atoms with Crippen LogP contribution in [0.4, 0.5) is 0 Å². The van der Waals surface area contributed by atoms with Crippen LogP contribution in [0.1, 0.15) is 29.7 Å². The summed E-state index contributed by atoms with van der Waals surface area (Å²) in [5.41, 5.74) is 5.81. The first kappa shape index (κ1) is 13.5. The van der Waals surface area contributed by atoms with E-state index in [1.807, 2.05) is 10.6 Å². The van der Waals surface area contributed by atoms with Crippen molar-refractivity contribution in [2.24, 2.45) is 0 Å². The molecule has 0 spiro atoms. The van der Waals surface area contributed by atoms with Gasteiger partial charge < -0.3 is 5.11 Å². The van der Waals surface area contributed by atoms with Gasteiger partial charge in [-0.25, -0.2) is 4.98 Å². The van der Waals surface area contributed by atoms with Crippen LogP contribution in [0.25, 0.3) is 16.2 Å². The van der Waals surface area contributed by atoms with E-state index in [-0.39, 0.29) is 6.42 Å². The first-order valence-electron chi connectivity index (χ1n) is 7.50. The summed E-state index contributed by atoms with van der Waals surface area (Å²) in [6, 6.07) is 6.69. The van der Waals surface area contributed by atoms with Crippen molar-refractivity contribution in [2.45, 2.75) is 32.1 Å². The standard InChI is InChI=1S/C17H16N2O2S/c20-16(21)8-14-9-19-15(10-22-17(19)18-14)13-6-5-11-3-1-2-4-12(11)7-13/h5-7,9-10H,1-4,8H2,(H,20,21). The Bertz CT molecular complexity index is 863. The fourth-order valence-corrected chi connectivity index (χ4v) is 4.07. The molecule has 5 heteroatoms. The maximum Gasteiger partial charge on any atom is 0.309 e. The van der Waals surface area contributed by atoms with E-state index in [1.165, 1.54) is 36.0 Å². The molecule has 0 radical (unpaired) electrons. The molecule has 0 saturated carbocycles. The lowest BCUT2D eigenvalue weighted by Crippen LogP contribution is -2.02. The number of imidazole rings is 1. The Kier molecular flexibility index (Phi) is 3.22. The number of nitrogens with zero attached hydrogens (tertiary/aromatic N) is 2. The van der Waals surface area contributed by atoms with Crippen LogP contribution in [-0.4, -0.2) is 20.5 Å². The van der Waals surface area contributed by atoms with E-state index in [0.717, 1.165) is 17.1 Å². The third-order valence-corrected chi connectivity index (χ3v) is 5.08. The zero-order chi connectivity index (χ0) is 15.1. The van der Waals surface area contributed by atoms with Gasteiger partial charge in [0.15, 0.2) is 4.96 Å². The number of aromatic nitrogens is 2. The Hall–Kier alpha value is -2.14. The lowest BCUT2D eigenvalue weighted by molar-refractivity contribution is -0.136. The van der Waals surface area contributed by atoms with E-state index in [4.69, 9.17) is 5.11 Å². The lowest BCUT2D eigenvalue weighted by Gasteiger charge is -2.16. The van der Waals surface area contributed by atoms with Gasteiger partial charge in [-0.15, -0.1) is 11.3 Å². The van der Waals surface area contributed by atoms with E-state index in [2.05, 4.69) is 28.6 Å². The van der Waals surface area contributed by atoms with Gasteiger partial charge in [-0.2, -0.15) is 0 Å². The van der Waals surface area contributed by atoms with Gasteiger partial charge in [-0.1, -0.05) is 12.1 Å². The minimum atomic E-state index is -0.846. The van der Waals surface area contributed by atoms with Gasteiger partial charge in [-0.3, -0.25) is 9.20 Å². The molecular weight excluding hydrogens is 296 g/mol. The summed E-state index contributed by atoms with van der Waals surface area (Å²) in [5.74, 6) is -0.846. The highest BCUT2D eigenvalue weighted by Gasteiger charge is 2.14. The minimum absolute atomic E-state index is 0.0297.